The summed E-state index contributed by atoms with van der Waals surface area (Å²) in [6.45, 7) is 8.63. The highest BCUT2D eigenvalue weighted by Crippen LogP contribution is 2.20. The lowest BCUT2D eigenvalue weighted by molar-refractivity contribution is -0.0371. The molecule has 0 saturated carbocycles. The molecule has 1 heterocycles. The lowest BCUT2D eigenvalue weighted by Crippen LogP contribution is -2.25. The van der Waals surface area contributed by atoms with E-state index in [9.17, 15) is 0 Å². The fraction of sp³-hybridized carbons (Fsp3) is 0.933. The van der Waals surface area contributed by atoms with Gasteiger partial charge in [-0.3, -0.25) is 0 Å². The molecule has 3 unspecified atom stereocenters. The maximum atomic E-state index is 5.79. The van der Waals surface area contributed by atoms with E-state index in [0.29, 0.717) is 23.5 Å². The van der Waals surface area contributed by atoms with Gasteiger partial charge in [0.1, 0.15) is 6.10 Å². The van der Waals surface area contributed by atoms with Crippen LogP contribution < -0.4 is 0 Å². The Bertz CT molecular complexity index is 274. The fourth-order valence-electron chi connectivity index (χ4n) is 2.07. The Morgan fingerprint density at radius 1 is 1.40 bits per heavy atom. The van der Waals surface area contributed by atoms with Crippen molar-refractivity contribution in [1.82, 2.24) is 0 Å². The van der Waals surface area contributed by atoms with Crippen LogP contribution in [-0.2, 0) is 14.2 Å². The molecule has 3 atom stereocenters. The van der Waals surface area contributed by atoms with Crippen LogP contribution in [0.25, 0.3) is 0 Å². The van der Waals surface area contributed by atoms with Crippen LogP contribution in [0, 0.1) is 5.92 Å². The first-order chi connectivity index (χ1) is 9.65. The smallest absolute Gasteiger partial charge is 0.220 e. The first-order valence-electron chi connectivity index (χ1n) is 7.68. The number of hydrogen-bond donors (Lipinski definition) is 0. The van der Waals surface area contributed by atoms with Crippen LogP contribution in [0.5, 0.6) is 0 Å². The second kappa shape index (κ2) is 10.8. The molecule has 20 heavy (non-hydrogen) atoms. The predicted molar refractivity (Wildman–Crippen MR) is 89.5 cm³/mol. The number of ether oxygens (including phenoxy) is 3. The highest BCUT2D eigenvalue weighted by Gasteiger charge is 2.22. The standard InChI is InChI=1S/C15H28O3S2/c1-4-6-7-13(5-2)9-16-8-12(3)17-10-14-11-20-15(19)18-14/h12-14H,4-11H2,1-3H3. The highest BCUT2D eigenvalue weighted by atomic mass is 32.2. The topological polar surface area (TPSA) is 27.7 Å². The second-order valence-corrected chi connectivity index (χ2v) is 7.02. The van der Waals surface area contributed by atoms with E-state index in [0.717, 1.165) is 12.4 Å². The molecule has 1 saturated heterocycles. The Hall–Kier alpha value is 0.160. The van der Waals surface area contributed by atoms with Crippen molar-refractivity contribution >= 4 is 28.4 Å². The zero-order chi connectivity index (χ0) is 14.8. The first kappa shape index (κ1) is 18.2. The fourth-order valence-corrected chi connectivity index (χ4v) is 3.10. The average Bonchev–Trinajstić information content (AvgIpc) is 2.86. The lowest BCUT2D eigenvalue weighted by atomic mass is 10.0. The molecule has 0 spiro atoms. The van der Waals surface area contributed by atoms with Crippen LogP contribution in [-0.4, -0.2) is 42.2 Å². The Morgan fingerprint density at radius 2 is 2.20 bits per heavy atom. The summed E-state index contributed by atoms with van der Waals surface area (Å²) in [5, 5.41) is 0. The maximum Gasteiger partial charge on any atom is 0.220 e. The van der Waals surface area contributed by atoms with Crippen molar-refractivity contribution in [3.05, 3.63) is 0 Å². The summed E-state index contributed by atoms with van der Waals surface area (Å²) in [7, 11) is 0. The molecule has 0 aliphatic carbocycles. The summed E-state index contributed by atoms with van der Waals surface area (Å²) in [5.41, 5.74) is 0. The van der Waals surface area contributed by atoms with Crippen LogP contribution >= 0.6 is 24.0 Å². The highest BCUT2D eigenvalue weighted by molar-refractivity contribution is 8.22. The van der Waals surface area contributed by atoms with E-state index in [2.05, 4.69) is 13.8 Å². The molecular weight excluding hydrogens is 292 g/mol. The van der Waals surface area contributed by atoms with E-state index < -0.39 is 0 Å². The molecule has 1 fully saturated rings. The van der Waals surface area contributed by atoms with Gasteiger partial charge in [0, 0.05) is 12.4 Å². The third kappa shape index (κ3) is 7.81. The van der Waals surface area contributed by atoms with Crippen molar-refractivity contribution in [1.29, 1.82) is 0 Å². The molecule has 0 bridgehead atoms. The van der Waals surface area contributed by atoms with E-state index in [1.807, 2.05) is 6.92 Å². The van der Waals surface area contributed by atoms with Gasteiger partial charge in [-0.1, -0.05) is 44.9 Å². The second-order valence-electron chi connectivity index (χ2n) is 5.40. The molecular formula is C15H28O3S2. The van der Waals surface area contributed by atoms with Crippen molar-refractivity contribution in [2.45, 2.75) is 58.7 Å². The molecule has 0 N–H and O–H groups in total. The van der Waals surface area contributed by atoms with Gasteiger partial charge in [0.15, 0.2) is 0 Å². The molecule has 0 amide bonds. The Morgan fingerprint density at radius 3 is 2.80 bits per heavy atom. The number of thioether (sulfide) groups is 1. The minimum atomic E-state index is 0.112. The molecule has 0 aromatic heterocycles. The molecule has 1 aliphatic heterocycles. The van der Waals surface area contributed by atoms with E-state index in [1.165, 1.54) is 25.7 Å². The van der Waals surface area contributed by atoms with Gasteiger partial charge in [0.2, 0.25) is 4.38 Å². The molecule has 0 radical (unpaired) electrons. The van der Waals surface area contributed by atoms with Gasteiger partial charge in [0.25, 0.3) is 0 Å². The van der Waals surface area contributed by atoms with E-state index in [4.69, 9.17) is 26.4 Å². The van der Waals surface area contributed by atoms with Gasteiger partial charge in [0.05, 0.1) is 19.3 Å². The Labute approximate surface area is 133 Å². The molecule has 0 aromatic carbocycles. The van der Waals surface area contributed by atoms with Crippen LogP contribution in [0.1, 0.15) is 46.5 Å². The molecule has 1 rings (SSSR count). The van der Waals surface area contributed by atoms with Crippen molar-refractivity contribution in [3.8, 4) is 0 Å². The van der Waals surface area contributed by atoms with Crippen molar-refractivity contribution in [3.63, 3.8) is 0 Å². The minimum absolute atomic E-state index is 0.112. The third-order valence-electron chi connectivity index (χ3n) is 3.47. The normalized spacial score (nSPS) is 21.8. The zero-order valence-corrected chi connectivity index (χ0v) is 14.6. The molecule has 118 valence electrons. The van der Waals surface area contributed by atoms with Crippen molar-refractivity contribution in [2.24, 2.45) is 5.92 Å². The number of thiocarbonyl (C=S) groups is 1. The van der Waals surface area contributed by atoms with Crippen LogP contribution in [0.4, 0.5) is 0 Å². The molecule has 5 heteroatoms. The average molecular weight is 321 g/mol. The SMILES string of the molecule is CCCCC(CC)COCC(C)OCC1CSC(=S)O1. The van der Waals surface area contributed by atoms with Crippen molar-refractivity contribution < 1.29 is 14.2 Å². The third-order valence-corrected chi connectivity index (χ3v) is 4.79. The van der Waals surface area contributed by atoms with Gasteiger partial charge in [-0.15, -0.1) is 0 Å². The summed E-state index contributed by atoms with van der Waals surface area (Å²) in [6.07, 6.45) is 5.25. The van der Waals surface area contributed by atoms with E-state index >= 15 is 0 Å². The number of unbranched alkanes of at least 4 members (excludes halogenated alkanes) is 1. The van der Waals surface area contributed by atoms with Gasteiger partial charge >= 0.3 is 0 Å². The van der Waals surface area contributed by atoms with Gasteiger partial charge in [-0.25, -0.2) is 0 Å². The summed E-state index contributed by atoms with van der Waals surface area (Å²) < 4.78 is 17.6. The lowest BCUT2D eigenvalue weighted by Gasteiger charge is -2.19. The summed E-state index contributed by atoms with van der Waals surface area (Å²) in [5.74, 6) is 1.59. The number of hydrogen-bond acceptors (Lipinski definition) is 5. The number of rotatable bonds is 11. The van der Waals surface area contributed by atoms with E-state index in [1.54, 1.807) is 11.8 Å². The Kier molecular flexibility index (Phi) is 9.86. The largest absolute Gasteiger partial charge is 0.472 e. The van der Waals surface area contributed by atoms with Gasteiger partial charge in [-0.2, -0.15) is 0 Å². The minimum Gasteiger partial charge on any atom is -0.472 e. The van der Waals surface area contributed by atoms with Gasteiger partial charge < -0.3 is 14.2 Å². The summed E-state index contributed by atoms with van der Waals surface area (Å²) >= 11 is 6.57. The summed E-state index contributed by atoms with van der Waals surface area (Å²) in [6, 6.07) is 0. The summed E-state index contributed by atoms with van der Waals surface area (Å²) in [4.78, 5) is 0. The predicted octanol–water partition coefficient (Wildman–Crippen LogP) is 4.04. The van der Waals surface area contributed by atoms with Gasteiger partial charge in [-0.05, 0) is 31.5 Å². The molecule has 3 nitrogen and oxygen atoms in total. The molecule has 1 aliphatic rings. The Balaban J connectivity index is 2.04. The van der Waals surface area contributed by atoms with Crippen LogP contribution in [0.3, 0.4) is 0 Å². The molecule has 0 aromatic rings. The van der Waals surface area contributed by atoms with Crippen LogP contribution in [0.2, 0.25) is 0 Å². The maximum absolute atomic E-state index is 5.79. The first-order valence-corrected chi connectivity index (χ1v) is 9.07. The zero-order valence-electron chi connectivity index (χ0n) is 12.9. The van der Waals surface area contributed by atoms with Crippen molar-refractivity contribution in [2.75, 3.05) is 25.6 Å². The van der Waals surface area contributed by atoms with Crippen LogP contribution in [0.15, 0.2) is 0 Å². The van der Waals surface area contributed by atoms with E-state index in [-0.39, 0.29) is 12.2 Å². The monoisotopic (exact) mass is 320 g/mol. The quantitative estimate of drug-likeness (QED) is 0.536.